The number of rotatable bonds is 5. The molecule has 1 unspecified atom stereocenters. The van der Waals surface area contributed by atoms with E-state index in [1.165, 1.54) is 12.1 Å². The second kappa shape index (κ2) is 7.62. The molecular formula is C22H13F5N2O. The first-order chi connectivity index (χ1) is 14.4. The van der Waals surface area contributed by atoms with Crippen LogP contribution in [0.5, 0.6) is 0 Å². The number of nitrogens with one attached hydrogen (secondary N) is 2. The summed E-state index contributed by atoms with van der Waals surface area (Å²) < 4.78 is 68.3. The minimum absolute atomic E-state index is 0.305. The summed E-state index contributed by atoms with van der Waals surface area (Å²) in [5.41, 5.74) is 0.322. The summed E-state index contributed by atoms with van der Waals surface area (Å²) in [4.78, 5) is 18.4. The number of hydrogen-bond acceptors (Lipinski definition) is 1. The van der Waals surface area contributed by atoms with E-state index in [0.29, 0.717) is 5.69 Å². The van der Waals surface area contributed by atoms with Crippen LogP contribution in [0.4, 0.5) is 22.0 Å². The Balaban J connectivity index is 1.78. The highest BCUT2D eigenvalue weighted by molar-refractivity contribution is 6.08. The molecule has 2 heterocycles. The van der Waals surface area contributed by atoms with Gasteiger partial charge in [0, 0.05) is 17.6 Å². The largest absolute Gasteiger partial charge is 0.364 e. The minimum atomic E-state index is -2.32. The summed E-state index contributed by atoms with van der Waals surface area (Å²) in [6.07, 6.45) is 1.72. The minimum Gasteiger partial charge on any atom is -0.364 e. The molecule has 0 bridgehead atoms. The predicted molar refractivity (Wildman–Crippen MR) is 98.6 cm³/mol. The Morgan fingerprint density at radius 2 is 1.33 bits per heavy atom. The maximum Gasteiger partial charge on any atom is 0.215 e. The number of aromatic nitrogens is 2. The van der Waals surface area contributed by atoms with E-state index in [0.717, 1.165) is 11.3 Å². The average Bonchev–Trinajstić information content (AvgIpc) is 3.45. The van der Waals surface area contributed by atoms with Gasteiger partial charge >= 0.3 is 0 Å². The van der Waals surface area contributed by atoms with Gasteiger partial charge in [-0.1, -0.05) is 30.3 Å². The average molecular weight is 416 g/mol. The highest BCUT2D eigenvalue weighted by Gasteiger charge is 2.31. The lowest BCUT2D eigenvalue weighted by atomic mass is 9.93. The van der Waals surface area contributed by atoms with Crippen LogP contribution in [0.3, 0.4) is 0 Å². The summed E-state index contributed by atoms with van der Waals surface area (Å²) in [5, 5.41) is 0. The molecule has 0 aliphatic heterocycles. The van der Waals surface area contributed by atoms with Crippen LogP contribution >= 0.6 is 0 Å². The van der Waals surface area contributed by atoms with E-state index < -0.39 is 40.4 Å². The van der Waals surface area contributed by atoms with Gasteiger partial charge in [-0.05, 0) is 29.8 Å². The lowest BCUT2D eigenvalue weighted by molar-refractivity contribution is 0.102. The van der Waals surface area contributed by atoms with Crippen LogP contribution < -0.4 is 0 Å². The van der Waals surface area contributed by atoms with Gasteiger partial charge < -0.3 is 9.97 Å². The van der Waals surface area contributed by atoms with E-state index >= 15 is 0 Å². The SMILES string of the molecule is O=C(c1ccc(C(c2ccccc2)c2ccc[nH]2)[nH]1)c1c(F)c(F)c(F)c(F)c1F. The third-order valence-corrected chi connectivity index (χ3v) is 4.77. The van der Waals surface area contributed by atoms with Crippen LogP contribution in [0.25, 0.3) is 0 Å². The summed E-state index contributed by atoms with van der Waals surface area (Å²) in [5.74, 6) is -12.7. The van der Waals surface area contributed by atoms with Gasteiger partial charge in [0.1, 0.15) is 5.56 Å². The molecule has 30 heavy (non-hydrogen) atoms. The molecule has 2 aromatic carbocycles. The smallest absolute Gasteiger partial charge is 0.215 e. The summed E-state index contributed by atoms with van der Waals surface area (Å²) in [6, 6.07) is 15.6. The predicted octanol–water partition coefficient (Wildman–Crippen LogP) is 5.45. The molecule has 0 radical (unpaired) electrons. The van der Waals surface area contributed by atoms with Crippen molar-refractivity contribution in [3.63, 3.8) is 0 Å². The molecule has 4 rings (SSSR count). The Morgan fingerprint density at radius 3 is 1.93 bits per heavy atom. The van der Waals surface area contributed by atoms with Gasteiger partial charge in [-0.25, -0.2) is 22.0 Å². The quantitative estimate of drug-likeness (QED) is 0.193. The fourth-order valence-electron chi connectivity index (χ4n) is 3.35. The first kappa shape index (κ1) is 19.6. The van der Waals surface area contributed by atoms with E-state index in [1.54, 1.807) is 12.3 Å². The third-order valence-electron chi connectivity index (χ3n) is 4.77. The van der Waals surface area contributed by atoms with Crippen molar-refractivity contribution in [1.82, 2.24) is 9.97 Å². The third kappa shape index (κ3) is 3.20. The van der Waals surface area contributed by atoms with Crippen molar-refractivity contribution in [3.05, 3.63) is 118 Å². The highest BCUT2D eigenvalue weighted by atomic mass is 19.2. The van der Waals surface area contributed by atoms with Gasteiger partial charge in [0.2, 0.25) is 11.6 Å². The Kier molecular flexibility index (Phi) is 4.99. The summed E-state index contributed by atoms with van der Waals surface area (Å²) in [7, 11) is 0. The maximum absolute atomic E-state index is 14.0. The fraction of sp³-hybridized carbons (Fsp3) is 0.0455. The first-order valence-electron chi connectivity index (χ1n) is 8.83. The van der Waals surface area contributed by atoms with Crippen LogP contribution in [0.15, 0.2) is 60.8 Å². The van der Waals surface area contributed by atoms with Crippen LogP contribution in [-0.2, 0) is 0 Å². The monoisotopic (exact) mass is 416 g/mol. The normalized spacial score (nSPS) is 12.2. The number of H-pyrrole nitrogens is 2. The van der Waals surface area contributed by atoms with Gasteiger partial charge in [0.05, 0.1) is 11.6 Å². The van der Waals surface area contributed by atoms with Crippen molar-refractivity contribution in [1.29, 1.82) is 0 Å². The van der Waals surface area contributed by atoms with Gasteiger partial charge in [-0.2, -0.15) is 0 Å². The number of carbonyl (C=O) groups excluding carboxylic acids is 1. The zero-order valence-corrected chi connectivity index (χ0v) is 15.1. The number of carbonyl (C=O) groups is 1. The first-order valence-corrected chi connectivity index (χ1v) is 8.83. The van der Waals surface area contributed by atoms with Gasteiger partial charge in [0.25, 0.3) is 0 Å². The van der Waals surface area contributed by atoms with Crippen molar-refractivity contribution in [3.8, 4) is 0 Å². The van der Waals surface area contributed by atoms with E-state index in [4.69, 9.17) is 0 Å². The zero-order valence-electron chi connectivity index (χ0n) is 15.1. The van der Waals surface area contributed by atoms with Crippen molar-refractivity contribution in [2.75, 3.05) is 0 Å². The molecule has 2 N–H and O–H groups in total. The Hall–Kier alpha value is -3.68. The molecule has 0 spiro atoms. The molecule has 4 aromatic rings. The van der Waals surface area contributed by atoms with Gasteiger partial charge in [0.15, 0.2) is 23.3 Å². The molecule has 152 valence electrons. The van der Waals surface area contributed by atoms with E-state index in [2.05, 4.69) is 9.97 Å². The molecule has 0 fully saturated rings. The molecular weight excluding hydrogens is 403 g/mol. The van der Waals surface area contributed by atoms with Crippen LogP contribution in [0.1, 0.15) is 38.9 Å². The van der Waals surface area contributed by atoms with E-state index in [9.17, 15) is 26.7 Å². The maximum atomic E-state index is 14.0. The van der Waals surface area contributed by atoms with Crippen molar-refractivity contribution in [2.24, 2.45) is 0 Å². The second-order valence-corrected chi connectivity index (χ2v) is 6.57. The Bertz CT molecular complexity index is 1190. The molecule has 0 aliphatic rings. The van der Waals surface area contributed by atoms with Crippen LogP contribution in [-0.4, -0.2) is 15.8 Å². The number of hydrogen-bond donors (Lipinski definition) is 2. The van der Waals surface area contributed by atoms with E-state index in [1.807, 2.05) is 36.4 Å². The van der Waals surface area contributed by atoms with Gasteiger partial charge in [-0.3, -0.25) is 4.79 Å². The van der Waals surface area contributed by atoms with Gasteiger partial charge in [-0.15, -0.1) is 0 Å². The van der Waals surface area contributed by atoms with Crippen molar-refractivity contribution >= 4 is 5.78 Å². The number of benzene rings is 2. The lowest BCUT2D eigenvalue weighted by Gasteiger charge is -2.15. The summed E-state index contributed by atoms with van der Waals surface area (Å²) >= 11 is 0. The number of ketones is 1. The van der Waals surface area contributed by atoms with Crippen molar-refractivity contribution in [2.45, 2.75) is 5.92 Å². The molecule has 0 saturated heterocycles. The lowest BCUT2D eigenvalue weighted by Crippen LogP contribution is -2.14. The molecule has 1 atom stereocenters. The molecule has 0 aliphatic carbocycles. The topological polar surface area (TPSA) is 48.6 Å². The second-order valence-electron chi connectivity index (χ2n) is 6.57. The Morgan fingerprint density at radius 1 is 0.700 bits per heavy atom. The van der Waals surface area contributed by atoms with Crippen molar-refractivity contribution < 1.29 is 26.7 Å². The summed E-state index contributed by atoms with van der Waals surface area (Å²) in [6.45, 7) is 0. The number of halogens is 5. The Labute approximate surface area is 167 Å². The fourth-order valence-corrected chi connectivity index (χ4v) is 3.35. The molecule has 8 heteroatoms. The van der Waals surface area contributed by atoms with Crippen LogP contribution in [0, 0.1) is 29.1 Å². The van der Waals surface area contributed by atoms with Crippen LogP contribution in [0.2, 0.25) is 0 Å². The molecule has 2 aromatic heterocycles. The zero-order chi connectivity index (χ0) is 21.4. The molecule has 0 saturated carbocycles. The number of aromatic amines is 2. The molecule has 3 nitrogen and oxygen atoms in total. The highest BCUT2D eigenvalue weighted by Crippen LogP contribution is 2.31. The van der Waals surface area contributed by atoms with E-state index in [-0.39, 0.29) is 11.6 Å². The standard InChI is InChI=1S/C22H13F5N2O/c23-17-16(18(24)20(26)21(27)19(17)25)22(30)14-9-8-13(29-14)15(12-7-4-10-28-12)11-5-2-1-3-6-11/h1-10,15,28-29H. The molecule has 0 amide bonds.